The van der Waals surface area contributed by atoms with Gasteiger partial charge in [0.1, 0.15) is 5.75 Å². The Kier molecular flexibility index (Phi) is 6.82. The second-order valence-electron chi connectivity index (χ2n) is 9.22. The van der Waals surface area contributed by atoms with Crippen LogP contribution in [0.3, 0.4) is 0 Å². The van der Waals surface area contributed by atoms with Crippen molar-refractivity contribution in [3.05, 3.63) is 92.9 Å². The molecule has 3 aromatic carbocycles. The lowest BCUT2D eigenvalue weighted by molar-refractivity contribution is 0.0185. The van der Waals surface area contributed by atoms with Crippen molar-refractivity contribution in [1.29, 1.82) is 0 Å². The van der Waals surface area contributed by atoms with Crippen LogP contribution in [0.4, 0.5) is 5.69 Å². The SMILES string of the molecule is COc1ccccc1N(C)C1C2CCN(CC2)C1C(c1ccc(Br)cc1)c1ccc(Br)cc1. The molecular weight excluding hydrogens is 540 g/mol. The number of hydrogen-bond acceptors (Lipinski definition) is 3. The maximum Gasteiger partial charge on any atom is 0.142 e. The summed E-state index contributed by atoms with van der Waals surface area (Å²) in [6.45, 7) is 2.35. The Balaban J connectivity index is 1.62. The summed E-state index contributed by atoms with van der Waals surface area (Å²) in [5, 5.41) is 0. The summed E-state index contributed by atoms with van der Waals surface area (Å²) in [5.41, 5.74) is 3.92. The van der Waals surface area contributed by atoms with Crippen LogP contribution in [0.1, 0.15) is 29.9 Å². The van der Waals surface area contributed by atoms with Crippen molar-refractivity contribution in [1.82, 2.24) is 4.90 Å². The number of rotatable bonds is 6. The van der Waals surface area contributed by atoms with Crippen LogP contribution in [0.15, 0.2) is 81.7 Å². The van der Waals surface area contributed by atoms with Crippen LogP contribution in [0.5, 0.6) is 5.75 Å². The molecule has 172 valence electrons. The molecule has 3 nitrogen and oxygen atoms in total. The normalized spacial score (nSPS) is 24.2. The van der Waals surface area contributed by atoms with Crippen molar-refractivity contribution in [2.75, 3.05) is 32.1 Å². The lowest BCUT2D eigenvalue weighted by Crippen LogP contribution is -2.65. The lowest BCUT2D eigenvalue weighted by atomic mass is 9.70. The first-order valence-corrected chi connectivity index (χ1v) is 13.3. The molecule has 0 radical (unpaired) electrons. The number of benzene rings is 3. The minimum atomic E-state index is 0.288. The average Bonchev–Trinajstić information content (AvgIpc) is 2.86. The zero-order valence-electron chi connectivity index (χ0n) is 19.1. The highest BCUT2D eigenvalue weighted by Gasteiger charge is 2.48. The van der Waals surface area contributed by atoms with Crippen molar-refractivity contribution in [3.63, 3.8) is 0 Å². The molecule has 3 heterocycles. The average molecular weight is 570 g/mol. The van der Waals surface area contributed by atoms with E-state index in [1.54, 1.807) is 7.11 Å². The molecule has 33 heavy (non-hydrogen) atoms. The van der Waals surface area contributed by atoms with Gasteiger partial charge in [0.25, 0.3) is 0 Å². The van der Waals surface area contributed by atoms with E-state index in [9.17, 15) is 0 Å². The summed E-state index contributed by atoms with van der Waals surface area (Å²) in [4.78, 5) is 5.25. The first kappa shape index (κ1) is 22.9. The van der Waals surface area contributed by atoms with Crippen LogP contribution in [0.25, 0.3) is 0 Å². The molecule has 0 saturated carbocycles. The van der Waals surface area contributed by atoms with Crippen molar-refractivity contribution in [2.24, 2.45) is 5.92 Å². The monoisotopic (exact) mass is 568 g/mol. The fourth-order valence-corrected chi connectivity index (χ4v) is 6.54. The van der Waals surface area contributed by atoms with E-state index in [0.29, 0.717) is 18.0 Å². The Morgan fingerprint density at radius 2 is 1.39 bits per heavy atom. The van der Waals surface area contributed by atoms with Gasteiger partial charge < -0.3 is 9.64 Å². The molecule has 6 rings (SSSR count). The van der Waals surface area contributed by atoms with Gasteiger partial charge in [0.15, 0.2) is 0 Å². The summed E-state index contributed by atoms with van der Waals surface area (Å²) in [6, 6.07) is 27.1. The van der Waals surface area contributed by atoms with Gasteiger partial charge in [-0.2, -0.15) is 0 Å². The minimum Gasteiger partial charge on any atom is -0.495 e. The molecule has 0 amide bonds. The molecule has 0 aliphatic carbocycles. The Morgan fingerprint density at radius 3 is 1.94 bits per heavy atom. The van der Waals surface area contributed by atoms with E-state index in [2.05, 4.69) is 122 Å². The smallest absolute Gasteiger partial charge is 0.142 e. The van der Waals surface area contributed by atoms with Crippen LogP contribution >= 0.6 is 31.9 Å². The summed E-state index contributed by atoms with van der Waals surface area (Å²) < 4.78 is 8.00. The van der Waals surface area contributed by atoms with Crippen LogP contribution < -0.4 is 9.64 Å². The number of fused-ring (bicyclic) bond motifs is 3. The Hall–Kier alpha value is -1.82. The quantitative estimate of drug-likeness (QED) is 0.319. The Labute approximate surface area is 214 Å². The molecule has 2 atom stereocenters. The summed E-state index contributed by atoms with van der Waals surface area (Å²) in [6.07, 6.45) is 2.52. The number of nitrogens with zero attached hydrogens (tertiary/aromatic N) is 2. The number of anilines is 1. The number of halogens is 2. The van der Waals surface area contributed by atoms with Gasteiger partial charge in [0.05, 0.1) is 12.8 Å². The van der Waals surface area contributed by atoms with Gasteiger partial charge in [-0.05, 0) is 79.4 Å². The standard InChI is InChI=1S/C28H30Br2N2O/c1-31(24-5-3-4-6-25(24)33-2)27-21-15-17-32(18-16-21)28(27)26(19-7-11-22(29)12-8-19)20-9-13-23(30)14-10-20/h3-14,21,26-28H,15-18H2,1-2H3. The van der Waals surface area contributed by atoms with Crippen LogP contribution in [-0.4, -0.2) is 44.2 Å². The maximum absolute atomic E-state index is 5.76. The Bertz CT molecular complexity index is 1030. The first-order valence-electron chi connectivity index (χ1n) is 11.7. The van der Waals surface area contributed by atoms with Crippen molar-refractivity contribution in [3.8, 4) is 5.75 Å². The molecule has 3 aromatic rings. The van der Waals surface area contributed by atoms with Crippen molar-refractivity contribution < 1.29 is 4.74 Å². The van der Waals surface area contributed by atoms with Gasteiger partial charge >= 0.3 is 0 Å². The van der Waals surface area contributed by atoms with Crippen molar-refractivity contribution >= 4 is 37.5 Å². The van der Waals surface area contributed by atoms with E-state index < -0.39 is 0 Å². The molecule has 3 fully saturated rings. The van der Waals surface area contributed by atoms with Gasteiger partial charge in [-0.3, -0.25) is 4.90 Å². The van der Waals surface area contributed by atoms with Crippen LogP contribution in [0, 0.1) is 5.92 Å². The number of piperidine rings is 3. The number of para-hydroxylation sites is 2. The van der Waals surface area contributed by atoms with E-state index in [1.807, 2.05) is 0 Å². The molecule has 5 heteroatoms. The molecule has 2 unspecified atom stereocenters. The van der Waals surface area contributed by atoms with Crippen LogP contribution in [0.2, 0.25) is 0 Å². The van der Waals surface area contributed by atoms with Gasteiger partial charge in [0, 0.05) is 34.0 Å². The maximum atomic E-state index is 5.76. The molecule has 0 N–H and O–H groups in total. The van der Waals surface area contributed by atoms with Gasteiger partial charge in [-0.15, -0.1) is 0 Å². The zero-order valence-corrected chi connectivity index (χ0v) is 22.3. The third-order valence-electron chi connectivity index (χ3n) is 7.54. The summed E-state index contributed by atoms with van der Waals surface area (Å²) >= 11 is 7.26. The van der Waals surface area contributed by atoms with Gasteiger partial charge in [-0.25, -0.2) is 0 Å². The third-order valence-corrected chi connectivity index (χ3v) is 8.60. The first-order chi connectivity index (χ1) is 16.1. The number of ether oxygens (including phenoxy) is 1. The topological polar surface area (TPSA) is 15.7 Å². The summed E-state index contributed by atoms with van der Waals surface area (Å²) in [7, 11) is 4.03. The van der Waals surface area contributed by atoms with Gasteiger partial charge in [-0.1, -0.05) is 68.3 Å². The molecule has 3 aliphatic heterocycles. The Morgan fingerprint density at radius 1 is 0.848 bits per heavy atom. The zero-order chi connectivity index (χ0) is 22.9. The molecule has 2 bridgehead atoms. The lowest BCUT2D eigenvalue weighted by Gasteiger charge is -2.56. The molecular formula is C28H30Br2N2O. The number of methoxy groups -OCH3 is 1. The van der Waals surface area contributed by atoms with Crippen molar-refractivity contribution in [2.45, 2.75) is 30.8 Å². The highest BCUT2D eigenvalue weighted by atomic mass is 79.9. The van der Waals surface area contributed by atoms with E-state index in [0.717, 1.165) is 14.7 Å². The van der Waals surface area contributed by atoms with E-state index in [4.69, 9.17) is 4.74 Å². The highest BCUT2D eigenvalue weighted by molar-refractivity contribution is 9.10. The fraction of sp³-hybridized carbons (Fsp3) is 0.357. The second-order valence-corrected chi connectivity index (χ2v) is 11.0. The van der Waals surface area contributed by atoms with Crippen LogP contribution in [-0.2, 0) is 0 Å². The number of hydrogen-bond donors (Lipinski definition) is 0. The third kappa shape index (κ3) is 4.48. The van der Waals surface area contributed by atoms with E-state index in [1.165, 1.54) is 42.7 Å². The molecule has 0 aromatic heterocycles. The predicted molar refractivity (Wildman–Crippen MR) is 143 cm³/mol. The van der Waals surface area contributed by atoms with Gasteiger partial charge in [0.2, 0.25) is 0 Å². The molecule has 0 spiro atoms. The summed E-state index contributed by atoms with van der Waals surface area (Å²) in [5.74, 6) is 1.90. The predicted octanol–water partition coefficient (Wildman–Crippen LogP) is 6.95. The van der Waals surface area contributed by atoms with E-state index >= 15 is 0 Å². The largest absolute Gasteiger partial charge is 0.495 e. The number of likely N-dealkylation sites (N-methyl/N-ethyl adjacent to an activating group) is 1. The van der Waals surface area contributed by atoms with E-state index in [-0.39, 0.29) is 5.92 Å². The highest BCUT2D eigenvalue weighted by Crippen LogP contribution is 2.46. The second kappa shape index (κ2) is 9.81. The molecule has 3 saturated heterocycles. The molecule has 3 aliphatic rings. The fourth-order valence-electron chi connectivity index (χ4n) is 6.02. The minimum absolute atomic E-state index is 0.288.